The second kappa shape index (κ2) is 9.81. The highest BCUT2D eigenvalue weighted by atomic mass is 32.2. The van der Waals surface area contributed by atoms with Crippen molar-refractivity contribution >= 4 is 17.7 Å². The van der Waals surface area contributed by atoms with E-state index in [2.05, 4.69) is 4.98 Å². The highest BCUT2D eigenvalue weighted by molar-refractivity contribution is 7.99. The van der Waals surface area contributed by atoms with Gasteiger partial charge in [0.25, 0.3) is 0 Å². The molecule has 5 heteroatoms. The van der Waals surface area contributed by atoms with E-state index in [-0.39, 0.29) is 5.91 Å². The van der Waals surface area contributed by atoms with Crippen molar-refractivity contribution in [2.75, 3.05) is 12.8 Å². The number of oxazole rings is 1. The van der Waals surface area contributed by atoms with Gasteiger partial charge >= 0.3 is 0 Å². The van der Waals surface area contributed by atoms with Gasteiger partial charge in [-0.1, -0.05) is 50.3 Å². The van der Waals surface area contributed by atoms with Gasteiger partial charge in [0.1, 0.15) is 6.26 Å². The van der Waals surface area contributed by atoms with Gasteiger partial charge < -0.3 is 9.32 Å². The van der Waals surface area contributed by atoms with Gasteiger partial charge in [-0.25, -0.2) is 4.98 Å². The standard InChI is InChI=1S/C21H28N2O2S/c1-23(19-12-8-3-2-4-9-13-19)20(24)16-26-15-18-14-25-21(22-18)17-10-6-5-7-11-17/h5-7,10-11,14,19H,2-4,8-9,12-13,15-16H2,1H3. The summed E-state index contributed by atoms with van der Waals surface area (Å²) in [6.45, 7) is 0. The van der Waals surface area contributed by atoms with Crippen molar-refractivity contribution in [1.29, 1.82) is 0 Å². The first kappa shape index (κ1) is 19.0. The van der Waals surface area contributed by atoms with E-state index < -0.39 is 0 Å². The van der Waals surface area contributed by atoms with E-state index in [1.165, 1.54) is 32.1 Å². The van der Waals surface area contributed by atoms with E-state index in [1.807, 2.05) is 42.3 Å². The predicted molar refractivity (Wildman–Crippen MR) is 107 cm³/mol. The third-order valence-electron chi connectivity index (χ3n) is 5.06. The third kappa shape index (κ3) is 5.37. The molecule has 0 atom stereocenters. The predicted octanol–water partition coefficient (Wildman–Crippen LogP) is 5.15. The normalized spacial score (nSPS) is 16.0. The number of aromatic nitrogens is 1. The summed E-state index contributed by atoms with van der Waals surface area (Å²) in [5.41, 5.74) is 1.86. The van der Waals surface area contributed by atoms with Crippen LogP contribution in [-0.4, -0.2) is 34.6 Å². The maximum atomic E-state index is 12.5. The van der Waals surface area contributed by atoms with Gasteiger partial charge in [0, 0.05) is 24.4 Å². The number of nitrogens with zero attached hydrogens (tertiary/aromatic N) is 2. The van der Waals surface area contributed by atoms with Crippen LogP contribution in [0.15, 0.2) is 41.0 Å². The van der Waals surface area contributed by atoms with Crippen molar-refractivity contribution in [3.05, 3.63) is 42.3 Å². The molecule has 1 aliphatic rings. The van der Waals surface area contributed by atoms with Gasteiger partial charge in [0.2, 0.25) is 11.8 Å². The Labute approximate surface area is 160 Å². The number of rotatable bonds is 6. The quantitative estimate of drug-likeness (QED) is 0.704. The number of amides is 1. The van der Waals surface area contributed by atoms with Crippen LogP contribution in [-0.2, 0) is 10.5 Å². The summed E-state index contributed by atoms with van der Waals surface area (Å²) in [5, 5.41) is 0. The monoisotopic (exact) mass is 372 g/mol. The van der Waals surface area contributed by atoms with E-state index in [0.29, 0.717) is 23.4 Å². The molecule has 1 aromatic heterocycles. The van der Waals surface area contributed by atoms with Crippen molar-refractivity contribution < 1.29 is 9.21 Å². The maximum Gasteiger partial charge on any atom is 0.232 e. The van der Waals surface area contributed by atoms with Gasteiger partial charge in [-0.2, -0.15) is 0 Å². The molecule has 1 aromatic carbocycles. The second-order valence-corrected chi connectivity index (χ2v) is 7.99. The molecule has 0 spiro atoms. The molecule has 0 saturated heterocycles. The highest BCUT2D eigenvalue weighted by Crippen LogP contribution is 2.23. The molecule has 1 saturated carbocycles. The topological polar surface area (TPSA) is 46.3 Å². The SMILES string of the molecule is CN(C(=O)CSCc1coc(-c2ccccc2)n1)C1CCCCCCC1. The summed E-state index contributed by atoms with van der Waals surface area (Å²) >= 11 is 1.61. The van der Waals surface area contributed by atoms with E-state index in [9.17, 15) is 4.79 Å². The summed E-state index contributed by atoms with van der Waals surface area (Å²) in [4.78, 5) is 19.0. The summed E-state index contributed by atoms with van der Waals surface area (Å²) in [6.07, 6.45) is 10.5. The summed E-state index contributed by atoms with van der Waals surface area (Å²) in [5.74, 6) is 2.06. The van der Waals surface area contributed by atoms with Crippen LogP contribution < -0.4 is 0 Å². The molecule has 4 nitrogen and oxygen atoms in total. The first-order valence-corrected chi connectivity index (χ1v) is 10.7. The molecule has 0 bridgehead atoms. The lowest BCUT2D eigenvalue weighted by molar-refractivity contribution is -0.129. The minimum atomic E-state index is 0.229. The van der Waals surface area contributed by atoms with Gasteiger partial charge in [-0.3, -0.25) is 4.79 Å². The van der Waals surface area contributed by atoms with Crippen LogP contribution in [0.4, 0.5) is 0 Å². The van der Waals surface area contributed by atoms with Gasteiger partial charge in [-0.15, -0.1) is 11.8 Å². The van der Waals surface area contributed by atoms with Crippen molar-refractivity contribution in [2.45, 2.75) is 56.7 Å². The van der Waals surface area contributed by atoms with E-state index >= 15 is 0 Å². The summed E-state index contributed by atoms with van der Waals surface area (Å²) in [6, 6.07) is 10.3. The highest BCUT2D eigenvalue weighted by Gasteiger charge is 2.20. The van der Waals surface area contributed by atoms with Gasteiger partial charge in [0.15, 0.2) is 0 Å². The minimum Gasteiger partial charge on any atom is -0.444 e. The van der Waals surface area contributed by atoms with Crippen LogP contribution >= 0.6 is 11.8 Å². The molecule has 0 aliphatic heterocycles. The molecule has 1 amide bonds. The number of thioether (sulfide) groups is 1. The third-order valence-corrected chi connectivity index (χ3v) is 6.01. The van der Waals surface area contributed by atoms with E-state index in [0.717, 1.165) is 24.1 Å². The Balaban J connectivity index is 1.45. The molecule has 1 heterocycles. The zero-order valence-electron chi connectivity index (χ0n) is 15.5. The summed E-state index contributed by atoms with van der Waals surface area (Å²) < 4.78 is 5.56. The molecular formula is C21H28N2O2S. The first-order valence-electron chi connectivity index (χ1n) is 9.57. The molecule has 1 aliphatic carbocycles. The van der Waals surface area contributed by atoms with E-state index in [4.69, 9.17) is 4.42 Å². The lowest BCUT2D eigenvalue weighted by Gasteiger charge is -2.29. The van der Waals surface area contributed by atoms with Crippen LogP contribution in [0.3, 0.4) is 0 Å². The fourth-order valence-corrected chi connectivity index (χ4v) is 4.28. The van der Waals surface area contributed by atoms with Gasteiger partial charge in [-0.05, 0) is 25.0 Å². The average Bonchev–Trinajstić information content (AvgIpc) is 3.10. The molecule has 1 fully saturated rings. The smallest absolute Gasteiger partial charge is 0.232 e. The Morgan fingerprint density at radius 2 is 1.85 bits per heavy atom. The number of hydrogen-bond donors (Lipinski definition) is 0. The Kier molecular flexibility index (Phi) is 7.18. The Morgan fingerprint density at radius 3 is 2.58 bits per heavy atom. The zero-order chi connectivity index (χ0) is 18.2. The number of carbonyl (C=O) groups excluding carboxylic acids is 1. The summed E-state index contributed by atoms with van der Waals surface area (Å²) in [7, 11) is 1.97. The zero-order valence-corrected chi connectivity index (χ0v) is 16.3. The molecular weight excluding hydrogens is 344 g/mol. The maximum absolute atomic E-state index is 12.5. The fourth-order valence-electron chi connectivity index (χ4n) is 3.46. The minimum absolute atomic E-state index is 0.229. The largest absolute Gasteiger partial charge is 0.444 e. The van der Waals surface area contributed by atoms with Crippen LogP contribution in [0, 0.1) is 0 Å². The van der Waals surface area contributed by atoms with Crippen molar-refractivity contribution in [3.8, 4) is 11.5 Å². The van der Waals surface area contributed by atoms with Crippen LogP contribution in [0.2, 0.25) is 0 Å². The number of benzene rings is 1. The van der Waals surface area contributed by atoms with Crippen molar-refractivity contribution in [2.24, 2.45) is 0 Å². The van der Waals surface area contributed by atoms with Crippen LogP contribution in [0.25, 0.3) is 11.5 Å². The molecule has 0 unspecified atom stereocenters. The Hall–Kier alpha value is -1.75. The molecule has 26 heavy (non-hydrogen) atoms. The molecule has 0 N–H and O–H groups in total. The van der Waals surface area contributed by atoms with Crippen LogP contribution in [0.5, 0.6) is 0 Å². The van der Waals surface area contributed by atoms with Crippen LogP contribution in [0.1, 0.15) is 50.6 Å². The Morgan fingerprint density at radius 1 is 1.15 bits per heavy atom. The lowest BCUT2D eigenvalue weighted by Crippen LogP contribution is -2.38. The molecule has 140 valence electrons. The van der Waals surface area contributed by atoms with E-state index in [1.54, 1.807) is 18.0 Å². The lowest BCUT2D eigenvalue weighted by atomic mass is 9.96. The first-order chi connectivity index (χ1) is 12.7. The fraction of sp³-hybridized carbons (Fsp3) is 0.524. The van der Waals surface area contributed by atoms with Gasteiger partial charge in [0.05, 0.1) is 11.4 Å². The number of hydrogen-bond acceptors (Lipinski definition) is 4. The molecule has 0 radical (unpaired) electrons. The molecule has 3 rings (SSSR count). The van der Waals surface area contributed by atoms with Crippen molar-refractivity contribution in [1.82, 2.24) is 9.88 Å². The Bertz CT molecular complexity index is 678. The van der Waals surface area contributed by atoms with Crippen molar-refractivity contribution in [3.63, 3.8) is 0 Å². The average molecular weight is 373 g/mol. The number of carbonyl (C=O) groups is 1. The molecule has 2 aromatic rings. The second-order valence-electron chi connectivity index (χ2n) is 7.01.